The SMILES string of the molecule is CCN(CC)c1ccc(C2/C(=C(/O)c3ccc(OCC(C)C)c(C)c3)C(=O)C(=O)N2CCCN(C)C)cc1. The lowest BCUT2D eigenvalue weighted by Gasteiger charge is -2.27. The molecule has 2 aromatic carbocycles. The van der Waals surface area contributed by atoms with Crippen LogP contribution in [0.4, 0.5) is 5.69 Å². The van der Waals surface area contributed by atoms with Crippen molar-refractivity contribution in [3.63, 3.8) is 0 Å². The monoisotopic (exact) mass is 521 g/mol. The van der Waals surface area contributed by atoms with Crippen molar-refractivity contribution in [2.75, 3.05) is 51.8 Å². The number of ether oxygens (including phenoxy) is 1. The lowest BCUT2D eigenvalue weighted by Crippen LogP contribution is -2.32. The van der Waals surface area contributed by atoms with Crippen LogP contribution in [0.5, 0.6) is 5.75 Å². The van der Waals surface area contributed by atoms with Gasteiger partial charge in [-0.2, -0.15) is 0 Å². The summed E-state index contributed by atoms with van der Waals surface area (Å²) in [6.07, 6.45) is 0.717. The maximum Gasteiger partial charge on any atom is 0.295 e. The zero-order valence-electron chi connectivity index (χ0n) is 24.0. The van der Waals surface area contributed by atoms with E-state index in [4.69, 9.17) is 4.74 Å². The molecule has 7 heteroatoms. The smallest absolute Gasteiger partial charge is 0.295 e. The maximum atomic E-state index is 13.4. The number of aliphatic hydroxyl groups excluding tert-OH is 1. The van der Waals surface area contributed by atoms with E-state index in [1.165, 1.54) is 0 Å². The van der Waals surface area contributed by atoms with E-state index in [9.17, 15) is 14.7 Å². The molecular weight excluding hydrogens is 478 g/mol. The number of nitrogens with zero attached hydrogens (tertiary/aromatic N) is 3. The number of rotatable bonds is 12. The Morgan fingerprint density at radius 1 is 1.05 bits per heavy atom. The summed E-state index contributed by atoms with van der Waals surface area (Å²) in [4.78, 5) is 32.5. The van der Waals surface area contributed by atoms with Crippen molar-refractivity contribution >= 4 is 23.1 Å². The Bertz CT molecular complexity index is 1150. The van der Waals surface area contributed by atoms with Crippen molar-refractivity contribution in [2.24, 2.45) is 5.92 Å². The Kier molecular flexibility index (Phi) is 9.97. The van der Waals surface area contributed by atoms with Crippen LogP contribution in [0.3, 0.4) is 0 Å². The highest BCUT2D eigenvalue weighted by Crippen LogP contribution is 2.40. The average Bonchev–Trinajstić information content (AvgIpc) is 3.13. The summed E-state index contributed by atoms with van der Waals surface area (Å²) < 4.78 is 5.88. The van der Waals surface area contributed by atoms with Gasteiger partial charge in [0.2, 0.25) is 0 Å². The Hall–Kier alpha value is -3.32. The number of amides is 1. The van der Waals surface area contributed by atoms with Gasteiger partial charge in [0.25, 0.3) is 11.7 Å². The third-order valence-electron chi connectivity index (χ3n) is 6.90. The summed E-state index contributed by atoms with van der Waals surface area (Å²) in [5, 5.41) is 11.4. The number of hydrogen-bond acceptors (Lipinski definition) is 6. The molecule has 1 unspecified atom stereocenters. The molecule has 2 aromatic rings. The molecule has 7 nitrogen and oxygen atoms in total. The third kappa shape index (κ3) is 6.57. The lowest BCUT2D eigenvalue weighted by atomic mass is 9.94. The number of benzene rings is 2. The van der Waals surface area contributed by atoms with Crippen LogP contribution >= 0.6 is 0 Å². The zero-order chi connectivity index (χ0) is 28.0. The standard InChI is InChI=1S/C31H43N3O4/c1-8-33(9-2)25-14-11-23(12-15-25)28-27(30(36)31(37)34(28)18-10-17-32(6)7)29(35)24-13-16-26(22(5)19-24)38-20-21(3)4/h11-16,19,21,28,35H,8-10,17-18,20H2,1-7H3/b29-27-. The van der Waals surface area contributed by atoms with Crippen LogP contribution in [0, 0.1) is 12.8 Å². The summed E-state index contributed by atoms with van der Waals surface area (Å²) in [6, 6.07) is 12.7. The number of aryl methyl sites for hydroxylation is 1. The minimum atomic E-state index is -0.653. The molecule has 0 spiro atoms. The molecule has 0 aliphatic carbocycles. The predicted molar refractivity (Wildman–Crippen MR) is 154 cm³/mol. The second kappa shape index (κ2) is 13.0. The van der Waals surface area contributed by atoms with Gasteiger partial charge in [-0.1, -0.05) is 26.0 Å². The number of carbonyl (C=O) groups excluding carboxylic acids is 2. The van der Waals surface area contributed by atoms with Gasteiger partial charge in [0, 0.05) is 30.9 Å². The molecule has 3 rings (SSSR count). The quantitative estimate of drug-likeness (QED) is 0.234. The molecule has 1 fully saturated rings. The highest BCUT2D eigenvalue weighted by Gasteiger charge is 2.45. The molecule has 1 aliphatic rings. The lowest BCUT2D eigenvalue weighted by molar-refractivity contribution is -0.139. The zero-order valence-corrected chi connectivity index (χ0v) is 24.0. The fourth-order valence-corrected chi connectivity index (χ4v) is 4.84. The molecule has 1 atom stereocenters. The van der Waals surface area contributed by atoms with E-state index in [0.717, 1.165) is 48.6 Å². The van der Waals surface area contributed by atoms with Gasteiger partial charge in [0.05, 0.1) is 18.2 Å². The first-order valence-electron chi connectivity index (χ1n) is 13.6. The van der Waals surface area contributed by atoms with E-state index in [0.29, 0.717) is 24.6 Å². The first-order valence-corrected chi connectivity index (χ1v) is 13.6. The number of hydrogen-bond donors (Lipinski definition) is 1. The van der Waals surface area contributed by atoms with Gasteiger partial charge >= 0.3 is 0 Å². The third-order valence-corrected chi connectivity index (χ3v) is 6.90. The van der Waals surface area contributed by atoms with Gasteiger partial charge in [-0.15, -0.1) is 0 Å². The van der Waals surface area contributed by atoms with E-state index in [1.807, 2.05) is 57.4 Å². The van der Waals surface area contributed by atoms with Crippen LogP contribution in [0.15, 0.2) is 48.0 Å². The summed E-state index contributed by atoms with van der Waals surface area (Å²) in [6.45, 7) is 13.9. The number of likely N-dealkylation sites (tertiary alicyclic amines) is 1. The van der Waals surface area contributed by atoms with E-state index < -0.39 is 17.7 Å². The number of anilines is 1. The van der Waals surface area contributed by atoms with Crippen LogP contribution in [0.2, 0.25) is 0 Å². The topological polar surface area (TPSA) is 73.3 Å². The van der Waals surface area contributed by atoms with Crippen molar-refractivity contribution in [3.05, 3.63) is 64.7 Å². The van der Waals surface area contributed by atoms with Gasteiger partial charge in [0.1, 0.15) is 11.5 Å². The predicted octanol–water partition coefficient (Wildman–Crippen LogP) is 5.25. The number of carbonyl (C=O) groups is 2. The molecular formula is C31H43N3O4. The molecule has 0 saturated carbocycles. The molecule has 1 saturated heterocycles. The first kappa shape index (κ1) is 29.2. The van der Waals surface area contributed by atoms with Crippen molar-refractivity contribution in [1.82, 2.24) is 9.80 Å². The number of Topliss-reactive ketones (excluding diaryl/α,β-unsaturated/α-hetero) is 1. The van der Waals surface area contributed by atoms with Gasteiger partial charge in [-0.25, -0.2) is 0 Å². The minimum Gasteiger partial charge on any atom is -0.507 e. The summed E-state index contributed by atoms with van der Waals surface area (Å²) in [5.74, 6) is -0.253. The maximum absolute atomic E-state index is 13.4. The Balaban J connectivity index is 2.05. The van der Waals surface area contributed by atoms with Crippen LogP contribution in [-0.4, -0.2) is 73.5 Å². The van der Waals surface area contributed by atoms with E-state index in [1.54, 1.807) is 11.0 Å². The van der Waals surface area contributed by atoms with Crippen LogP contribution in [-0.2, 0) is 9.59 Å². The Morgan fingerprint density at radius 3 is 2.26 bits per heavy atom. The molecule has 1 aliphatic heterocycles. The largest absolute Gasteiger partial charge is 0.507 e. The van der Waals surface area contributed by atoms with Gasteiger partial charge in [-0.3, -0.25) is 9.59 Å². The number of ketones is 1. The molecule has 1 N–H and O–H groups in total. The Morgan fingerprint density at radius 2 is 1.71 bits per heavy atom. The normalized spacial score (nSPS) is 17.1. The fraction of sp³-hybridized carbons (Fsp3) is 0.484. The first-order chi connectivity index (χ1) is 18.1. The molecule has 1 amide bonds. The molecule has 38 heavy (non-hydrogen) atoms. The van der Waals surface area contributed by atoms with Crippen LogP contribution in [0.25, 0.3) is 5.76 Å². The second-order valence-electron chi connectivity index (χ2n) is 10.6. The van der Waals surface area contributed by atoms with Crippen LogP contribution in [0.1, 0.15) is 56.8 Å². The highest BCUT2D eigenvalue weighted by atomic mass is 16.5. The molecule has 0 aromatic heterocycles. The fourth-order valence-electron chi connectivity index (χ4n) is 4.84. The summed E-state index contributed by atoms with van der Waals surface area (Å²) in [7, 11) is 3.96. The Labute approximate surface area is 227 Å². The number of aliphatic hydroxyl groups is 1. The van der Waals surface area contributed by atoms with Crippen LogP contribution < -0.4 is 9.64 Å². The average molecular weight is 522 g/mol. The van der Waals surface area contributed by atoms with Gasteiger partial charge < -0.3 is 24.5 Å². The summed E-state index contributed by atoms with van der Waals surface area (Å²) in [5.41, 5.74) is 3.37. The van der Waals surface area contributed by atoms with Crippen molar-refractivity contribution in [3.8, 4) is 5.75 Å². The van der Waals surface area contributed by atoms with Crippen molar-refractivity contribution in [1.29, 1.82) is 0 Å². The molecule has 206 valence electrons. The summed E-state index contributed by atoms with van der Waals surface area (Å²) >= 11 is 0. The van der Waals surface area contributed by atoms with E-state index in [2.05, 4.69) is 37.5 Å². The van der Waals surface area contributed by atoms with E-state index >= 15 is 0 Å². The van der Waals surface area contributed by atoms with E-state index in [-0.39, 0.29) is 11.3 Å². The van der Waals surface area contributed by atoms with Crippen molar-refractivity contribution < 1.29 is 19.4 Å². The highest BCUT2D eigenvalue weighted by molar-refractivity contribution is 6.46. The second-order valence-corrected chi connectivity index (χ2v) is 10.6. The minimum absolute atomic E-state index is 0.130. The van der Waals surface area contributed by atoms with Gasteiger partial charge in [0.15, 0.2) is 0 Å². The molecule has 0 radical (unpaired) electrons. The van der Waals surface area contributed by atoms with Crippen molar-refractivity contribution in [2.45, 2.75) is 47.1 Å². The van der Waals surface area contributed by atoms with Gasteiger partial charge in [-0.05, 0) is 95.2 Å². The molecule has 1 heterocycles. The molecule has 0 bridgehead atoms.